The zero-order valence-corrected chi connectivity index (χ0v) is 48.1. The van der Waals surface area contributed by atoms with Gasteiger partial charge >= 0.3 is 13.6 Å². The van der Waals surface area contributed by atoms with Crippen molar-refractivity contribution in [1.82, 2.24) is 44.5 Å². The van der Waals surface area contributed by atoms with Gasteiger partial charge in [0.15, 0.2) is 23.5 Å². The van der Waals surface area contributed by atoms with Crippen LogP contribution in [0.2, 0.25) is 5.28 Å². The number of carbonyl (C=O) groups is 1. The van der Waals surface area contributed by atoms with E-state index in [4.69, 9.17) is 68.5 Å². The van der Waals surface area contributed by atoms with Crippen molar-refractivity contribution in [3.05, 3.63) is 88.9 Å². The maximum atomic E-state index is 13.6. The van der Waals surface area contributed by atoms with Crippen molar-refractivity contribution in [2.45, 2.75) is 50.8 Å². The number of aromatic nitrogens is 7. The number of piperazine rings is 1. The molecule has 454 valence electrons. The van der Waals surface area contributed by atoms with Crippen LogP contribution >= 0.6 is 28.0 Å². The van der Waals surface area contributed by atoms with Crippen LogP contribution in [-0.2, 0) is 69.7 Å². The lowest BCUT2D eigenvalue weighted by atomic mass is 10.1. The minimum Gasteiger partial charge on any atom is -0.420 e. The van der Waals surface area contributed by atoms with Gasteiger partial charge in [0.2, 0.25) is 11.0 Å². The number of halogens is 4. The standard InChI is InChI=1S/C51H72ClF3N10O15P2/c52-51-58-49(42-32-56-65(50(42)59-51)46-7-6-41(79-46)36-78-81-37-82(67,68)69)57-45(38-4-2-1-3-5-38)34-63-11-9-62(10-12-63)13-16-71-19-22-74-26-27-76-28-29-77-35-40-33-64(61-60-40)14-17-72-20-23-75-25-24-73-21-18-70-15-8-47(66)80-48-43(54)30-39(53)31-44(48)55/h1-5,30-33,41,45-46,81H,6-29,34-37H2,(H,57,58,59)(H2,67,68,69). The Morgan fingerprint density at radius 2 is 1.38 bits per heavy atom. The molecule has 3 aromatic heterocycles. The van der Waals surface area contributed by atoms with Crippen LogP contribution in [0.4, 0.5) is 19.0 Å². The van der Waals surface area contributed by atoms with E-state index < -0.39 is 43.0 Å². The number of esters is 1. The van der Waals surface area contributed by atoms with Gasteiger partial charge in [0.05, 0.1) is 161 Å². The Kier molecular flexibility index (Phi) is 28.4. The summed E-state index contributed by atoms with van der Waals surface area (Å²) in [5, 5.41) is 17.3. The molecule has 2 aliphatic heterocycles. The van der Waals surface area contributed by atoms with E-state index in [1.165, 1.54) is 0 Å². The Labute approximate surface area is 479 Å². The van der Waals surface area contributed by atoms with Gasteiger partial charge in [0.25, 0.3) is 0 Å². The summed E-state index contributed by atoms with van der Waals surface area (Å²) in [4.78, 5) is 44.0. The third-order valence-electron chi connectivity index (χ3n) is 12.6. The first-order valence-corrected chi connectivity index (χ1v) is 30.2. The molecule has 0 amide bonds. The second-order valence-corrected chi connectivity index (χ2v) is 22.2. The van der Waals surface area contributed by atoms with Crippen molar-refractivity contribution in [2.75, 3.05) is 156 Å². The molecule has 0 spiro atoms. The molecule has 0 aliphatic carbocycles. The van der Waals surface area contributed by atoms with Crippen LogP contribution < -0.4 is 10.1 Å². The predicted octanol–water partition coefficient (Wildman–Crippen LogP) is 5.01. The lowest BCUT2D eigenvalue weighted by Crippen LogP contribution is -2.48. The number of ether oxygens (including phenoxy) is 10. The van der Waals surface area contributed by atoms with E-state index in [9.17, 15) is 22.5 Å². The minimum atomic E-state index is -4.12. The number of rotatable bonds is 41. The normalized spacial score (nSPS) is 16.8. The van der Waals surface area contributed by atoms with Crippen molar-refractivity contribution in [3.63, 3.8) is 0 Å². The quantitative estimate of drug-likeness (QED) is 0.0153. The van der Waals surface area contributed by atoms with Crippen LogP contribution in [0.1, 0.15) is 42.8 Å². The summed E-state index contributed by atoms with van der Waals surface area (Å²) in [6.07, 6.45) is 3.97. The summed E-state index contributed by atoms with van der Waals surface area (Å²) in [6.45, 7) is 11.7. The van der Waals surface area contributed by atoms with E-state index in [1.54, 1.807) is 21.8 Å². The molecule has 82 heavy (non-hydrogen) atoms. The van der Waals surface area contributed by atoms with E-state index in [1.807, 2.05) is 18.2 Å². The van der Waals surface area contributed by atoms with Crippen molar-refractivity contribution in [3.8, 4) is 5.75 Å². The molecule has 25 nitrogen and oxygen atoms in total. The van der Waals surface area contributed by atoms with Gasteiger partial charge in [0.1, 0.15) is 17.3 Å². The highest BCUT2D eigenvalue weighted by Gasteiger charge is 2.31. The van der Waals surface area contributed by atoms with Crippen molar-refractivity contribution >= 4 is 50.8 Å². The first kappa shape index (κ1) is 65.1. The Bertz CT molecular complexity index is 2680. The van der Waals surface area contributed by atoms with Crippen LogP contribution in [0.3, 0.4) is 0 Å². The van der Waals surface area contributed by atoms with Gasteiger partial charge in [-0.2, -0.15) is 15.1 Å². The van der Waals surface area contributed by atoms with Crippen molar-refractivity contribution in [1.29, 1.82) is 0 Å². The second-order valence-electron chi connectivity index (χ2n) is 18.7. The molecule has 0 saturated carbocycles. The maximum absolute atomic E-state index is 13.6. The lowest BCUT2D eigenvalue weighted by Gasteiger charge is -2.36. The molecule has 31 heteroatoms. The van der Waals surface area contributed by atoms with E-state index in [2.05, 4.69) is 57.4 Å². The average molecular weight is 1220 g/mol. The first-order chi connectivity index (χ1) is 39.9. The topological polar surface area (TPSA) is 269 Å². The zero-order chi connectivity index (χ0) is 57.8. The Hall–Kier alpha value is -4.42. The highest BCUT2D eigenvalue weighted by Crippen LogP contribution is 2.42. The molecule has 2 aliphatic rings. The van der Waals surface area contributed by atoms with Crippen LogP contribution in [-0.4, -0.2) is 217 Å². The number of carbonyl (C=O) groups excluding carboxylic acids is 1. The van der Waals surface area contributed by atoms with Crippen LogP contribution in [0.5, 0.6) is 5.75 Å². The maximum Gasteiger partial charge on any atom is 0.331 e. The first-order valence-electron chi connectivity index (χ1n) is 26.9. The monoisotopic (exact) mass is 1220 g/mol. The molecule has 7 rings (SSSR count). The number of fused-ring (bicyclic) bond motifs is 1. The summed E-state index contributed by atoms with van der Waals surface area (Å²) >= 11 is 6.52. The van der Waals surface area contributed by atoms with Gasteiger partial charge in [-0.3, -0.25) is 19.2 Å². The molecule has 0 radical (unpaired) electrons. The third kappa shape index (κ3) is 23.6. The van der Waals surface area contributed by atoms with Crippen molar-refractivity contribution in [2.24, 2.45) is 0 Å². The van der Waals surface area contributed by atoms with Gasteiger partial charge in [0, 0.05) is 60.2 Å². The summed E-state index contributed by atoms with van der Waals surface area (Å²) in [7, 11) is -4.43. The molecule has 5 aromatic rings. The molecule has 4 unspecified atom stereocenters. The van der Waals surface area contributed by atoms with E-state index >= 15 is 0 Å². The number of nitrogens with one attached hydrogen (secondary N) is 1. The van der Waals surface area contributed by atoms with Gasteiger partial charge < -0.3 is 67.0 Å². The molecule has 3 N–H and O–H groups in total. The fourth-order valence-corrected chi connectivity index (χ4v) is 9.95. The number of anilines is 1. The minimum absolute atomic E-state index is 0.0512. The molecule has 2 aromatic carbocycles. The van der Waals surface area contributed by atoms with Gasteiger partial charge in [-0.05, 0) is 30.0 Å². The fraction of sp³-hybridized carbons (Fsp3) is 0.608. The summed E-state index contributed by atoms with van der Waals surface area (Å²) < 4.78 is 116. The van der Waals surface area contributed by atoms with E-state index in [-0.39, 0.29) is 65.0 Å². The zero-order valence-electron chi connectivity index (χ0n) is 45.4. The van der Waals surface area contributed by atoms with E-state index in [0.29, 0.717) is 140 Å². The average Bonchev–Trinajstić information content (AvgIpc) is 3.82. The smallest absolute Gasteiger partial charge is 0.331 e. The largest absolute Gasteiger partial charge is 0.420 e. The molecule has 2 fully saturated rings. The summed E-state index contributed by atoms with van der Waals surface area (Å²) in [6, 6.07) is 11.0. The van der Waals surface area contributed by atoms with Gasteiger partial charge in [-0.1, -0.05) is 35.5 Å². The highest BCUT2D eigenvalue weighted by molar-refractivity contribution is 7.62. The summed E-state index contributed by atoms with van der Waals surface area (Å²) in [5.41, 5.74) is 2.34. The number of benzene rings is 2. The SMILES string of the molecule is O=C(CCOCCOCCOCCOCCn1cc(COCCOCCOCCOCCN2CCN(CC(Nc3nc(Cl)nc4c3cnn4C3CCC(COPCP(=O)(O)O)O3)c3ccccc3)CC2)nn1)Oc1c(F)cc(F)cc1F. The van der Waals surface area contributed by atoms with Gasteiger partial charge in [-0.15, -0.1) is 5.10 Å². The van der Waals surface area contributed by atoms with Crippen LogP contribution in [0.15, 0.2) is 54.9 Å². The van der Waals surface area contributed by atoms with Crippen molar-refractivity contribution < 1.29 is 84.2 Å². The molecule has 4 atom stereocenters. The van der Waals surface area contributed by atoms with Crippen LogP contribution in [0.25, 0.3) is 11.0 Å². The number of nitrogens with zero attached hydrogens (tertiary/aromatic N) is 9. The lowest BCUT2D eigenvalue weighted by molar-refractivity contribution is -0.136. The molecule has 5 heterocycles. The highest BCUT2D eigenvalue weighted by atomic mass is 35.5. The fourth-order valence-electron chi connectivity index (χ4n) is 8.44. The number of hydrogen-bond acceptors (Lipinski definition) is 21. The Balaban J connectivity index is 0.645. The number of hydrogen-bond donors (Lipinski definition) is 3. The Morgan fingerprint density at radius 1 is 0.780 bits per heavy atom. The molecule has 0 bridgehead atoms. The Morgan fingerprint density at radius 3 is 2.02 bits per heavy atom. The van der Waals surface area contributed by atoms with Crippen LogP contribution in [0, 0.1) is 17.5 Å². The molecular formula is C51H72ClF3N10O15P2. The summed E-state index contributed by atoms with van der Waals surface area (Å²) in [5.74, 6) is -5.35. The molecular weight excluding hydrogens is 1150 g/mol. The van der Waals surface area contributed by atoms with Gasteiger partial charge in [-0.25, -0.2) is 22.5 Å². The third-order valence-corrected chi connectivity index (χ3v) is 15.3. The van der Waals surface area contributed by atoms with E-state index in [0.717, 1.165) is 44.8 Å². The predicted molar refractivity (Wildman–Crippen MR) is 292 cm³/mol. The molecule has 2 saturated heterocycles. The second kappa shape index (κ2) is 35.8.